The first-order valence-corrected chi connectivity index (χ1v) is 9.96. The molecule has 29 heavy (non-hydrogen) atoms. The number of urea groups is 1. The molecule has 0 aliphatic rings. The number of aromatic nitrogens is 1. The number of benzene rings is 2. The summed E-state index contributed by atoms with van der Waals surface area (Å²) >= 11 is 7.07. The molecular weight excluding hydrogens is 412 g/mol. The Hall–Kier alpha value is -3.10. The van der Waals surface area contributed by atoms with E-state index in [-0.39, 0.29) is 12.3 Å². The number of carbonyl (C=O) groups excluding carboxylic acids is 2. The first kappa shape index (κ1) is 20.6. The van der Waals surface area contributed by atoms with Crippen molar-refractivity contribution < 1.29 is 14.3 Å². The molecule has 0 spiro atoms. The molecule has 1 aromatic heterocycles. The molecular formula is C20H19ClN4O3S. The van der Waals surface area contributed by atoms with E-state index in [4.69, 9.17) is 16.3 Å². The monoisotopic (exact) mass is 430 g/mol. The van der Waals surface area contributed by atoms with E-state index in [1.165, 1.54) is 11.3 Å². The third-order valence-electron chi connectivity index (χ3n) is 3.88. The van der Waals surface area contributed by atoms with Crippen molar-refractivity contribution in [2.45, 2.75) is 13.0 Å². The Labute approximate surface area is 177 Å². The Morgan fingerprint density at radius 2 is 1.86 bits per heavy atom. The number of hydrogen-bond acceptors (Lipinski definition) is 5. The Balaban J connectivity index is 1.48. The third kappa shape index (κ3) is 6.20. The summed E-state index contributed by atoms with van der Waals surface area (Å²) in [6.45, 7) is 0.363. The third-order valence-corrected chi connectivity index (χ3v) is 4.94. The highest BCUT2D eigenvalue weighted by Gasteiger charge is 2.11. The number of carbonyl (C=O) groups is 2. The Morgan fingerprint density at radius 1 is 1.10 bits per heavy atom. The summed E-state index contributed by atoms with van der Waals surface area (Å²) in [5.74, 6) is 0.554. The molecule has 3 amide bonds. The van der Waals surface area contributed by atoms with Gasteiger partial charge >= 0.3 is 6.03 Å². The Bertz CT molecular complexity index is 991. The number of methoxy groups -OCH3 is 1. The lowest BCUT2D eigenvalue weighted by Gasteiger charge is -2.09. The van der Waals surface area contributed by atoms with Gasteiger partial charge in [0.25, 0.3) is 0 Å². The highest BCUT2D eigenvalue weighted by molar-refractivity contribution is 7.14. The highest BCUT2D eigenvalue weighted by Crippen LogP contribution is 2.19. The van der Waals surface area contributed by atoms with Crippen LogP contribution in [0.2, 0.25) is 5.02 Å². The van der Waals surface area contributed by atoms with E-state index in [0.29, 0.717) is 28.1 Å². The minimum absolute atomic E-state index is 0.117. The predicted octanol–water partition coefficient (Wildman–Crippen LogP) is 4.31. The van der Waals surface area contributed by atoms with Gasteiger partial charge in [-0.15, -0.1) is 11.3 Å². The number of ether oxygens (including phenoxy) is 1. The van der Waals surface area contributed by atoms with Crippen LogP contribution < -0.4 is 20.7 Å². The summed E-state index contributed by atoms with van der Waals surface area (Å²) in [4.78, 5) is 28.5. The van der Waals surface area contributed by atoms with Crippen LogP contribution in [0.5, 0.6) is 5.75 Å². The largest absolute Gasteiger partial charge is 0.496 e. The molecule has 150 valence electrons. The van der Waals surface area contributed by atoms with E-state index in [9.17, 15) is 9.59 Å². The molecule has 0 fully saturated rings. The quantitative estimate of drug-likeness (QED) is 0.520. The van der Waals surface area contributed by atoms with Crippen LogP contribution in [0.15, 0.2) is 53.9 Å². The number of hydrogen-bond donors (Lipinski definition) is 3. The molecule has 0 bridgehead atoms. The van der Waals surface area contributed by atoms with E-state index in [1.54, 1.807) is 36.8 Å². The van der Waals surface area contributed by atoms with Crippen LogP contribution >= 0.6 is 22.9 Å². The topological polar surface area (TPSA) is 92.4 Å². The van der Waals surface area contributed by atoms with Gasteiger partial charge in [-0.1, -0.05) is 29.8 Å². The van der Waals surface area contributed by atoms with E-state index in [0.717, 1.165) is 11.3 Å². The number of anilines is 2. The first-order valence-electron chi connectivity index (χ1n) is 8.70. The molecule has 0 unspecified atom stereocenters. The van der Waals surface area contributed by atoms with Gasteiger partial charge in [-0.25, -0.2) is 9.78 Å². The lowest BCUT2D eigenvalue weighted by molar-refractivity contribution is -0.120. The van der Waals surface area contributed by atoms with Gasteiger partial charge in [0.15, 0.2) is 5.13 Å². The van der Waals surface area contributed by atoms with Crippen LogP contribution in [0.1, 0.15) is 11.3 Å². The number of rotatable bonds is 7. The molecule has 0 radical (unpaired) electrons. The minimum Gasteiger partial charge on any atom is -0.496 e. The van der Waals surface area contributed by atoms with Gasteiger partial charge in [0, 0.05) is 28.2 Å². The fourth-order valence-corrected chi connectivity index (χ4v) is 3.34. The van der Waals surface area contributed by atoms with Gasteiger partial charge < -0.3 is 15.4 Å². The van der Waals surface area contributed by atoms with Crippen molar-refractivity contribution in [1.82, 2.24) is 10.3 Å². The summed E-state index contributed by atoms with van der Waals surface area (Å²) in [5, 5.41) is 10.9. The van der Waals surface area contributed by atoms with Crippen molar-refractivity contribution in [2.24, 2.45) is 0 Å². The van der Waals surface area contributed by atoms with Crippen LogP contribution in [0.4, 0.5) is 15.6 Å². The van der Waals surface area contributed by atoms with Gasteiger partial charge in [-0.2, -0.15) is 0 Å². The highest BCUT2D eigenvalue weighted by atomic mass is 35.5. The van der Waals surface area contributed by atoms with E-state index < -0.39 is 6.03 Å². The molecule has 3 aromatic rings. The zero-order valence-electron chi connectivity index (χ0n) is 15.6. The molecule has 3 rings (SSSR count). The summed E-state index contributed by atoms with van der Waals surface area (Å²) in [6, 6.07) is 13.8. The SMILES string of the molecule is COc1ccccc1CNC(=O)Cc1csc(NC(=O)Nc2ccc(Cl)cc2)n1. The molecule has 1 heterocycles. The van der Waals surface area contributed by atoms with Gasteiger partial charge in [0.1, 0.15) is 5.75 Å². The molecule has 9 heteroatoms. The summed E-state index contributed by atoms with van der Waals surface area (Å²) in [7, 11) is 1.59. The average Bonchev–Trinajstić information content (AvgIpc) is 3.14. The van der Waals surface area contributed by atoms with Crippen molar-refractivity contribution >= 4 is 45.7 Å². The van der Waals surface area contributed by atoms with Gasteiger partial charge in [-0.05, 0) is 30.3 Å². The van der Waals surface area contributed by atoms with Crippen LogP contribution in [0.3, 0.4) is 0 Å². The number of para-hydroxylation sites is 1. The fraction of sp³-hybridized carbons (Fsp3) is 0.150. The zero-order valence-corrected chi connectivity index (χ0v) is 17.1. The number of nitrogens with zero attached hydrogens (tertiary/aromatic N) is 1. The molecule has 7 nitrogen and oxygen atoms in total. The lowest BCUT2D eigenvalue weighted by Crippen LogP contribution is -2.25. The maximum atomic E-state index is 12.2. The maximum Gasteiger partial charge on any atom is 0.325 e. The van der Waals surface area contributed by atoms with Crippen molar-refractivity contribution in [3.05, 3.63) is 70.2 Å². The van der Waals surface area contributed by atoms with E-state index in [2.05, 4.69) is 20.9 Å². The number of thiazole rings is 1. The van der Waals surface area contributed by atoms with Crippen LogP contribution in [0.25, 0.3) is 0 Å². The van der Waals surface area contributed by atoms with Gasteiger partial charge in [0.2, 0.25) is 5.91 Å². The normalized spacial score (nSPS) is 10.3. The second-order valence-corrected chi connectivity index (χ2v) is 7.29. The zero-order chi connectivity index (χ0) is 20.6. The molecule has 0 saturated carbocycles. The van der Waals surface area contributed by atoms with Crippen molar-refractivity contribution in [2.75, 3.05) is 17.7 Å². The van der Waals surface area contributed by atoms with Crippen LogP contribution in [-0.2, 0) is 17.8 Å². The second kappa shape index (κ2) is 9.90. The second-order valence-electron chi connectivity index (χ2n) is 6.00. The molecule has 0 saturated heterocycles. The first-order chi connectivity index (χ1) is 14.0. The summed E-state index contributed by atoms with van der Waals surface area (Å²) in [6.07, 6.45) is 0.117. The number of nitrogens with one attached hydrogen (secondary N) is 3. The fourth-order valence-electron chi connectivity index (χ4n) is 2.51. The molecule has 0 aliphatic heterocycles. The lowest BCUT2D eigenvalue weighted by atomic mass is 10.2. The average molecular weight is 431 g/mol. The standard InChI is InChI=1S/C20H19ClN4O3S/c1-28-17-5-3-2-4-13(17)11-22-18(26)10-16-12-29-20(24-16)25-19(27)23-15-8-6-14(21)7-9-15/h2-9,12H,10-11H2,1H3,(H,22,26)(H2,23,24,25,27). The number of amides is 3. The maximum absolute atomic E-state index is 12.2. The number of halogens is 1. The summed E-state index contributed by atoms with van der Waals surface area (Å²) in [5.41, 5.74) is 2.08. The van der Waals surface area contributed by atoms with Crippen molar-refractivity contribution in [3.8, 4) is 5.75 Å². The molecule has 0 aliphatic carbocycles. The van der Waals surface area contributed by atoms with E-state index in [1.807, 2.05) is 24.3 Å². The van der Waals surface area contributed by atoms with Crippen molar-refractivity contribution in [3.63, 3.8) is 0 Å². The molecule has 0 atom stereocenters. The van der Waals surface area contributed by atoms with E-state index >= 15 is 0 Å². The van der Waals surface area contributed by atoms with Gasteiger partial charge in [-0.3, -0.25) is 10.1 Å². The van der Waals surface area contributed by atoms with Gasteiger partial charge in [0.05, 0.1) is 19.2 Å². The minimum atomic E-state index is -0.422. The summed E-state index contributed by atoms with van der Waals surface area (Å²) < 4.78 is 5.27. The predicted molar refractivity (Wildman–Crippen MR) is 115 cm³/mol. The van der Waals surface area contributed by atoms with Crippen LogP contribution in [-0.4, -0.2) is 24.0 Å². The smallest absolute Gasteiger partial charge is 0.325 e. The van der Waals surface area contributed by atoms with Crippen LogP contribution in [0, 0.1) is 0 Å². The Kier molecular flexibility index (Phi) is 7.04. The Morgan fingerprint density at radius 3 is 2.62 bits per heavy atom. The molecule has 2 aromatic carbocycles. The van der Waals surface area contributed by atoms with Crippen molar-refractivity contribution in [1.29, 1.82) is 0 Å². The molecule has 3 N–H and O–H groups in total.